The van der Waals surface area contributed by atoms with E-state index in [1.165, 1.54) is 0 Å². The van der Waals surface area contributed by atoms with Crippen LogP contribution in [0.4, 0.5) is 5.88 Å². The molecule has 2 aromatic rings. The van der Waals surface area contributed by atoms with E-state index in [1.54, 1.807) is 6.07 Å². The number of furan rings is 1. The predicted molar refractivity (Wildman–Crippen MR) is 39.0 cm³/mol. The molecule has 0 bridgehead atoms. The first kappa shape index (κ1) is 5.35. The first-order chi connectivity index (χ1) is 4.86. The molecule has 1 aromatic heterocycles. The van der Waals surface area contributed by atoms with E-state index in [9.17, 15) is 0 Å². The lowest BCUT2D eigenvalue weighted by atomic mass is 10.3. The largest absolute Gasteiger partial charge is 0.439 e. The molecule has 0 fully saturated rings. The van der Waals surface area contributed by atoms with Crippen LogP contribution in [-0.4, -0.2) is 0 Å². The number of hydrogen-bond acceptors (Lipinski definition) is 1. The molecule has 2 rings (SSSR count). The van der Waals surface area contributed by atoms with Crippen molar-refractivity contribution < 1.29 is 4.42 Å². The van der Waals surface area contributed by atoms with Crippen molar-refractivity contribution >= 4 is 16.9 Å². The van der Waals surface area contributed by atoms with Crippen LogP contribution in [0.2, 0.25) is 0 Å². The van der Waals surface area contributed by atoms with E-state index in [2.05, 4.69) is 0 Å². The summed E-state index contributed by atoms with van der Waals surface area (Å²) in [4.78, 5) is 0. The minimum absolute atomic E-state index is 0.223. The first-order valence-corrected chi connectivity index (χ1v) is 3.06. The molecule has 1 N–H and O–H groups in total. The van der Waals surface area contributed by atoms with Crippen LogP contribution >= 0.6 is 0 Å². The molecule has 1 heterocycles. The maximum atomic E-state index is 7.16. The van der Waals surface area contributed by atoms with Gasteiger partial charge in [-0.15, -0.1) is 0 Å². The second-order valence-electron chi connectivity index (χ2n) is 2.15. The zero-order valence-electron chi connectivity index (χ0n) is 5.29. The monoisotopic (exact) mass is 132 g/mol. The van der Waals surface area contributed by atoms with E-state index in [1.807, 2.05) is 24.3 Å². The van der Waals surface area contributed by atoms with Gasteiger partial charge in [-0.3, -0.25) is 5.73 Å². The summed E-state index contributed by atoms with van der Waals surface area (Å²) in [5.74, 6) is 0.223. The van der Waals surface area contributed by atoms with E-state index >= 15 is 0 Å². The molecule has 0 unspecified atom stereocenters. The second-order valence-corrected chi connectivity index (χ2v) is 2.15. The van der Waals surface area contributed by atoms with E-state index < -0.39 is 0 Å². The van der Waals surface area contributed by atoms with Crippen LogP contribution in [0.5, 0.6) is 0 Å². The number of para-hydroxylation sites is 1. The lowest BCUT2D eigenvalue weighted by molar-refractivity contribution is 0.621. The highest BCUT2D eigenvalue weighted by Crippen LogP contribution is 2.20. The second kappa shape index (κ2) is 1.77. The summed E-state index contributed by atoms with van der Waals surface area (Å²) in [6.07, 6.45) is 0. The third-order valence-corrected chi connectivity index (χ3v) is 1.43. The van der Waals surface area contributed by atoms with Gasteiger partial charge in [0.05, 0.1) is 0 Å². The first-order valence-electron chi connectivity index (χ1n) is 3.06. The molecule has 10 heavy (non-hydrogen) atoms. The van der Waals surface area contributed by atoms with Crippen molar-refractivity contribution in [2.75, 3.05) is 0 Å². The van der Waals surface area contributed by atoms with E-state index in [0.29, 0.717) is 0 Å². The third-order valence-electron chi connectivity index (χ3n) is 1.43. The smallest absolute Gasteiger partial charge is 0.212 e. The zero-order chi connectivity index (χ0) is 6.97. The summed E-state index contributed by atoms with van der Waals surface area (Å²) in [5, 5.41) is 0.993. The Morgan fingerprint density at radius 2 is 2.00 bits per heavy atom. The van der Waals surface area contributed by atoms with Gasteiger partial charge >= 0.3 is 0 Å². The topological polar surface area (TPSA) is 36.9 Å². The Labute approximate surface area is 58.2 Å². The van der Waals surface area contributed by atoms with Gasteiger partial charge in [-0.25, -0.2) is 0 Å². The summed E-state index contributed by atoms with van der Waals surface area (Å²) >= 11 is 0. The van der Waals surface area contributed by atoms with Gasteiger partial charge in [0, 0.05) is 11.5 Å². The van der Waals surface area contributed by atoms with Gasteiger partial charge in [0.25, 0.3) is 0 Å². The predicted octanol–water partition coefficient (Wildman–Crippen LogP) is 2.35. The highest BCUT2D eigenvalue weighted by Gasteiger charge is 1.96. The summed E-state index contributed by atoms with van der Waals surface area (Å²) in [6.45, 7) is 0. The zero-order valence-corrected chi connectivity index (χ0v) is 5.29. The average Bonchev–Trinajstić information content (AvgIpc) is 2.27. The molecule has 0 aliphatic rings. The summed E-state index contributed by atoms with van der Waals surface area (Å²) in [7, 11) is 0. The van der Waals surface area contributed by atoms with Crippen molar-refractivity contribution in [2.24, 2.45) is 0 Å². The standard InChI is InChI=1S/C8H6NO/c9-8-5-6-3-1-2-4-7(6)10-8/h1-5,9H. The van der Waals surface area contributed by atoms with Crippen LogP contribution in [0.15, 0.2) is 34.7 Å². The lowest BCUT2D eigenvalue weighted by Crippen LogP contribution is -1.57. The van der Waals surface area contributed by atoms with Crippen LogP contribution in [0.1, 0.15) is 0 Å². The molecule has 0 amide bonds. The fourth-order valence-corrected chi connectivity index (χ4v) is 0.982. The maximum absolute atomic E-state index is 7.16. The average molecular weight is 132 g/mol. The number of nitrogens with one attached hydrogen (secondary N) is 1. The van der Waals surface area contributed by atoms with Crippen LogP contribution in [0.3, 0.4) is 0 Å². The SMILES string of the molecule is [NH]c1cc2ccccc2o1. The molecule has 0 saturated carbocycles. The van der Waals surface area contributed by atoms with Crippen molar-refractivity contribution in [2.45, 2.75) is 0 Å². The molecule has 2 nitrogen and oxygen atoms in total. The summed E-state index contributed by atoms with van der Waals surface area (Å²) < 4.78 is 5.03. The number of hydrogen-bond donors (Lipinski definition) is 0. The van der Waals surface area contributed by atoms with Crippen molar-refractivity contribution in [3.63, 3.8) is 0 Å². The highest BCUT2D eigenvalue weighted by atomic mass is 16.3. The highest BCUT2D eigenvalue weighted by molar-refractivity contribution is 5.79. The molecule has 0 saturated heterocycles. The molecule has 49 valence electrons. The molecule has 1 aromatic carbocycles. The van der Waals surface area contributed by atoms with E-state index in [0.717, 1.165) is 11.0 Å². The van der Waals surface area contributed by atoms with Crippen molar-refractivity contribution in [1.29, 1.82) is 0 Å². The van der Waals surface area contributed by atoms with Gasteiger partial charge < -0.3 is 4.42 Å². The van der Waals surface area contributed by atoms with E-state index in [4.69, 9.17) is 10.2 Å². The fraction of sp³-hybridized carbons (Fsp3) is 0. The van der Waals surface area contributed by atoms with Gasteiger partial charge in [-0.2, -0.15) is 0 Å². The quantitative estimate of drug-likeness (QED) is 0.542. The molecule has 0 atom stereocenters. The Bertz CT molecular complexity index is 318. The number of benzene rings is 1. The van der Waals surface area contributed by atoms with Crippen LogP contribution in [-0.2, 0) is 0 Å². The van der Waals surface area contributed by atoms with Gasteiger partial charge in [0.1, 0.15) is 5.58 Å². The van der Waals surface area contributed by atoms with Gasteiger partial charge in [-0.05, 0) is 6.07 Å². The summed E-state index contributed by atoms with van der Waals surface area (Å²) in [6, 6.07) is 9.31. The minimum Gasteiger partial charge on any atom is -0.439 e. The van der Waals surface area contributed by atoms with Crippen LogP contribution in [0, 0.1) is 0 Å². The molecular formula is C8H6NO. The molecular weight excluding hydrogens is 126 g/mol. The minimum atomic E-state index is 0.223. The Morgan fingerprint density at radius 1 is 1.20 bits per heavy atom. The lowest BCUT2D eigenvalue weighted by Gasteiger charge is -1.81. The number of rotatable bonds is 0. The van der Waals surface area contributed by atoms with Crippen molar-refractivity contribution in [3.8, 4) is 0 Å². The molecule has 1 radical (unpaired) electrons. The van der Waals surface area contributed by atoms with Gasteiger partial charge in [0.15, 0.2) is 0 Å². The van der Waals surface area contributed by atoms with Crippen LogP contribution in [0.25, 0.3) is 11.0 Å². The van der Waals surface area contributed by atoms with E-state index in [-0.39, 0.29) is 5.88 Å². The Morgan fingerprint density at radius 3 is 2.80 bits per heavy atom. The molecule has 0 spiro atoms. The summed E-state index contributed by atoms with van der Waals surface area (Å²) in [5.41, 5.74) is 7.94. The Hall–Kier alpha value is -1.44. The van der Waals surface area contributed by atoms with Gasteiger partial charge in [-0.1, -0.05) is 18.2 Å². The molecule has 0 aliphatic heterocycles. The van der Waals surface area contributed by atoms with Crippen molar-refractivity contribution in [1.82, 2.24) is 5.73 Å². The normalized spacial score (nSPS) is 10.4. The Kier molecular flexibility index (Phi) is 0.947. The Balaban J connectivity index is 2.88. The third kappa shape index (κ3) is 0.658. The number of fused-ring (bicyclic) bond motifs is 1. The fourth-order valence-electron chi connectivity index (χ4n) is 0.982. The molecule has 0 aliphatic carbocycles. The molecule has 2 heteroatoms. The van der Waals surface area contributed by atoms with Crippen LogP contribution < -0.4 is 5.73 Å². The van der Waals surface area contributed by atoms with Crippen molar-refractivity contribution in [3.05, 3.63) is 30.3 Å². The van der Waals surface area contributed by atoms with Gasteiger partial charge in [0.2, 0.25) is 5.88 Å². The maximum Gasteiger partial charge on any atom is 0.212 e.